The lowest BCUT2D eigenvalue weighted by molar-refractivity contribution is -0.131. The molecule has 0 heterocycles. The standard InChI is InChI=1S/C17H24N2O.ClH/c1-18-10-11-19(2)16(20)15-12-17(15)9-5-7-13-6-3-4-8-14(13)17;/h3-4,6,8,15,18H,5,7,9-12H2,1-2H3;1H. The van der Waals surface area contributed by atoms with Gasteiger partial charge < -0.3 is 10.2 Å². The summed E-state index contributed by atoms with van der Waals surface area (Å²) in [6.07, 6.45) is 4.63. The zero-order valence-corrected chi connectivity index (χ0v) is 13.7. The van der Waals surface area contributed by atoms with Crippen molar-refractivity contribution in [3.63, 3.8) is 0 Å². The van der Waals surface area contributed by atoms with Gasteiger partial charge in [-0.3, -0.25) is 4.79 Å². The smallest absolute Gasteiger partial charge is 0.226 e. The summed E-state index contributed by atoms with van der Waals surface area (Å²) in [5, 5.41) is 3.11. The maximum atomic E-state index is 12.6. The molecule has 0 bridgehead atoms. The van der Waals surface area contributed by atoms with Crippen LogP contribution in [0, 0.1) is 5.92 Å². The van der Waals surface area contributed by atoms with Gasteiger partial charge in [0.1, 0.15) is 0 Å². The summed E-state index contributed by atoms with van der Waals surface area (Å²) < 4.78 is 0. The Balaban J connectivity index is 0.00000161. The highest BCUT2D eigenvalue weighted by atomic mass is 35.5. The quantitative estimate of drug-likeness (QED) is 0.926. The Kier molecular flexibility index (Phi) is 4.95. The second-order valence-electron chi connectivity index (χ2n) is 6.29. The average molecular weight is 309 g/mol. The molecule has 4 heteroatoms. The first-order chi connectivity index (χ1) is 9.69. The molecule has 1 saturated carbocycles. The predicted molar refractivity (Wildman–Crippen MR) is 88.0 cm³/mol. The highest BCUT2D eigenvalue weighted by Gasteiger charge is 2.60. The average Bonchev–Trinajstić information content (AvgIpc) is 3.19. The summed E-state index contributed by atoms with van der Waals surface area (Å²) in [7, 11) is 3.86. The van der Waals surface area contributed by atoms with Crippen molar-refractivity contribution < 1.29 is 4.79 Å². The molecule has 1 fully saturated rings. The van der Waals surface area contributed by atoms with Gasteiger partial charge in [0.25, 0.3) is 0 Å². The summed E-state index contributed by atoms with van der Waals surface area (Å²) in [6, 6.07) is 8.72. The lowest BCUT2D eigenvalue weighted by Gasteiger charge is -2.27. The van der Waals surface area contributed by atoms with Crippen LogP contribution in [-0.4, -0.2) is 38.0 Å². The largest absolute Gasteiger partial charge is 0.344 e. The summed E-state index contributed by atoms with van der Waals surface area (Å²) >= 11 is 0. The van der Waals surface area contributed by atoms with E-state index < -0.39 is 0 Å². The van der Waals surface area contributed by atoms with E-state index in [2.05, 4.69) is 29.6 Å². The summed E-state index contributed by atoms with van der Waals surface area (Å²) in [5.74, 6) is 0.544. The number of amides is 1. The molecule has 0 aromatic heterocycles. The lowest BCUT2D eigenvalue weighted by atomic mass is 9.78. The number of carbonyl (C=O) groups is 1. The Bertz CT molecular complexity index is 519. The van der Waals surface area contributed by atoms with Gasteiger partial charge in [-0.15, -0.1) is 12.4 Å². The van der Waals surface area contributed by atoms with Crippen molar-refractivity contribution in [1.82, 2.24) is 10.2 Å². The lowest BCUT2D eigenvalue weighted by Crippen LogP contribution is -2.36. The van der Waals surface area contributed by atoms with Crippen molar-refractivity contribution in [2.24, 2.45) is 5.92 Å². The van der Waals surface area contributed by atoms with Gasteiger partial charge in [-0.05, 0) is 43.9 Å². The third kappa shape index (κ3) is 2.82. The topological polar surface area (TPSA) is 32.3 Å². The van der Waals surface area contributed by atoms with Crippen LogP contribution in [0.25, 0.3) is 0 Å². The number of nitrogens with zero attached hydrogens (tertiary/aromatic N) is 1. The van der Waals surface area contributed by atoms with Gasteiger partial charge in [0.05, 0.1) is 0 Å². The van der Waals surface area contributed by atoms with Gasteiger partial charge in [0.15, 0.2) is 0 Å². The van der Waals surface area contributed by atoms with E-state index in [1.54, 1.807) is 0 Å². The van der Waals surface area contributed by atoms with Crippen molar-refractivity contribution in [3.8, 4) is 0 Å². The van der Waals surface area contributed by atoms with Crippen molar-refractivity contribution in [2.45, 2.75) is 31.1 Å². The number of halogens is 1. The molecule has 1 aromatic rings. The molecular weight excluding hydrogens is 284 g/mol. The van der Waals surface area contributed by atoms with Crippen LogP contribution >= 0.6 is 12.4 Å². The highest BCUT2D eigenvalue weighted by molar-refractivity contribution is 5.85. The second-order valence-corrected chi connectivity index (χ2v) is 6.29. The number of aryl methyl sites for hydroxylation is 1. The third-order valence-corrected chi connectivity index (χ3v) is 5.07. The molecule has 2 unspecified atom stereocenters. The van der Waals surface area contributed by atoms with Gasteiger partial charge in [0, 0.05) is 31.5 Å². The van der Waals surface area contributed by atoms with E-state index in [4.69, 9.17) is 0 Å². The molecule has 3 nitrogen and oxygen atoms in total. The zero-order valence-electron chi connectivity index (χ0n) is 12.9. The van der Waals surface area contributed by atoms with Gasteiger partial charge in [-0.1, -0.05) is 24.3 Å². The van der Waals surface area contributed by atoms with E-state index in [0.29, 0.717) is 5.91 Å². The van der Waals surface area contributed by atoms with Crippen molar-refractivity contribution in [2.75, 3.05) is 27.2 Å². The molecule has 3 rings (SSSR count). The second kappa shape index (κ2) is 6.37. The summed E-state index contributed by atoms with van der Waals surface area (Å²) in [5.41, 5.74) is 3.08. The molecular formula is C17H25ClN2O. The van der Waals surface area contributed by atoms with E-state index in [9.17, 15) is 4.79 Å². The maximum Gasteiger partial charge on any atom is 0.226 e. The molecule has 21 heavy (non-hydrogen) atoms. The number of benzene rings is 1. The Hall–Kier alpha value is -1.06. The normalized spacial score (nSPS) is 25.9. The SMILES string of the molecule is CNCCN(C)C(=O)C1CC12CCCc1ccccc12.Cl. The Morgan fingerprint density at radius 3 is 2.95 bits per heavy atom. The van der Waals surface area contributed by atoms with Crippen LogP contribution in [0.1, 0.15) is 30.4 Å². The molecule has 2 aliphatic rings. The van der Waals surface area contributed by atoms with Crippen LogP contribution < -0.4 is 5.32 Å². The predicted octanol–water partition coefficient (Wildman–Crippen LogP) is 2.38. The monoisotopic (exact) mass is 308 g/mol. The Labute approximate surface area is 133 Å². The van der Waals surface area contributed by atoms with Crippen molar-refractivity contribution in [1.29, 1.82) is 0 Å². The van der Waals surface area contributed by atoms with E-state index >= 15 is 0 Å². The zero-order chi connectivity index (χ0) is 14.2. The molecule has 116 valence electrons. The van der Waals surface area contributed by atoms with E-state index in [0.717, 1.165) is 19.5 Å². The molecule has 0 saturated heterocycles. The first-order valence-electron chi connectivity index (χ1n) is 7.67. The number of fused-ring (bicyclic) bond motifs is 2. The third-order valence-electron chi connectivity index (χ3n) is 5.07. The number of rotatable bonds is 4. The molecule has 1 spiro atoms. The van der Waals surface area contributed by atoms with Crippen LogP contribution in [0.4, 0.5) is 0 Å². The van der Waals surface area contributed by atoms with Crippen LogP contribution in [-0.2, 0) is 16.6 Å². The summed E-state index contributed by atoms with van der Waals surface area (Å²) in [4.78, 5) is 14.5. The van der Waals surface area contributed by atoms with Crippen LogP contribution in [0.3, 0.4) is 0 Å². The highest BCUT2D eigenvalue weighted by Crippen LogP contribution is 2.60. The fraction of sp³-hybridized carbons (Fsp3) is 0.588. The van der Waals surface area contributed by atoms with Crippen LogP contribution in [0.5, 0.6) is 0 Å². The van der Waals surface area contributed by atoms with Gasteiger partial charge >= 0.3 is 0 Å². The number of likely N-dealkylation sites (N-methyl/N-ethyl adjacent to an activating group) is 2. The van der Waals surface area contributed by atoms with Gasteiger partial charge in [0.2, 0.25) is 5.91 Å². The molecule has 2 atom stereocenters. The fourth-order valence-corrected chi connectivity index (χ4v) is 3.81. The molecule has 1 N–H and O–H groups in total. The number of carbonyl (C=O) groups excluding carboxylic acids is 1. The van der Waals surface area contributed by atoms with E-state index in [1.165, 1.54) is 30.4 Å². The van der Waals surface area contributed by atoms with Gasteiger partial charge in [-0.2, -0.15) is 0 Å². The van der Waals surface area contributed by atoms with E-state index in [-0.39, 0.29) is 23.7 Å². The van der Waals surface area contributed by atoms with Crippen molar-refractivity contribution in [3.05, 3.63) is 35.4 Å². The van der Waals surface area contributed by atoms with Crippen LogP contribution in [0.2, 0.25) is 0 Å². The molecule has 0 aliphatic heterocycles. The van der Waals surface area contributed by atoms with Crippen LogP contribution in [0.15, 0.2) is 24.3 Å². The number of hydrogen-bond donors (Lipinski definition) is 1. The number of nitrogens with one attached hydrogen (secondary N) is 1. The van der Waals surface area contributed by atoms with Gasteiger partial charge in [-0.25, -0.2) is 0 Å². The maximum absolute atomic E-state index is 12.6. The Morgan fingerprint density at radius 2 is 2.19 bits per heavy atom. The molecule has 2 aliphatic carbocycles. The minimum Gasteiger partial charge on any atom is -0.344 e. The minimum absolute atomic E-state index is 0. The first kappa shape index (κ1) is 16.3. The molecule has 0 radical (unpaired) electrons. The van der Waals surface area contributed by atoms with E-state index in [1.807, 2.05) is 19.0 Å². The fourth-order valence-electron chi connectivity index (χ4n) is 3.81. The molecule has 1 aromatic carbocycles. The molecule has 1 amide bonds. The summed E-state index contributed by atoms with van der Waals surface area (Å²) in [6.45, 7) is 1.65. The number of hydrogen-bond acceptors (Lipinski definition) is 2. The Morgan fingerprint density at radius 1 is 1.43 bits per heavy atom. The van der Waals surface area contributed by atoms with Crippen molar-refractivity contribution >= 4 is 18.3 Å². The first-order valence-corrected chi connectivity index (χ1v) is 7.67. The minimum atomic E-state index is 0.